The predicted octanol–water partition coefficient (Wildman–Crippen LogP) is 2.59. The zero-order valence-corrected chi connectivity index (χ0v) is 12.2. The number of benzene rings is 1. The third-order valence-electron chi connectivity index (χ3n) is 3.16. The molecule has 0 spiro atoms. The first kappa shape index (κ1) is 12.0. The molecule has 0 radical (unpaired) electrons. The van der Waals surface area contributed by atoms with E-state index in [1.807, 2.05) is 6.07 Å². The second-order valence-electron chi connectivity index (χ2n) is 5.26. The molecule has 2 rings (SSSR count). The molecular formula is C13H19N3Si. The molecule has 0 aromatic heterocycles. The van der Waals surface area contributed by atoms with Crippen molar-refractivity contribution in [1.29, 1.82) is 0 Å². The third kappa shape index (κ3) is 2.05. The Balaban J connectivity index is 2.51. The van der Waals surface area contributed by atoms with E-state index in [0.717, 1.165) is 17.2 Å². The number of rotatable bonds is 1. The minimum atomic E-state index is -1.39. The van der Waals surface area contributed by atoms with Gasteiger partial charge in [-0.05, 0) is 7.05 Å². The fourth-order valence-electron chi connectivity index (χ4n) is 1.84. The van der Waals surface area contributed by atoms with Crippen LogP contribution in [0.15, 0.2) is 34.3 Å². The molecule has 0 amide bonds. The molecule has 1 heterocycles. The van der Waals surface area contributed by atoms with Crippen LogP contribution < -0.4 is 0 Å². The van der Waals surface area contributed by atoms with Gasteiger partial charge in [-0.15, -0.1) is 0 Å². The molecule has 1 aromatic rings. The molecule has 0 saturated heterocycles. The third-order valence-corrected chi connectivity index (χ3v) is 5.38. The minimum absolute atomic E-state index is 0.848. The van der Waals surface area contributed by atoms with Crippen LogP contribution in [0.1, 0.15) is 11.1 Å². The van der Waals surface area contributed by atoms with E-state index in [9.17, 15) is 0 Å². The van der Waals surface area contributed by atoms with E-state index in [0.29, 0.717) is 0 Å². The van der Waals surface area contributed by atoms with Crippen molar-refractivity contribution in [2.75, 3.05) is 14.1 Å². The Kier molecular flexibility index (Phi) is 2.91. The molecule has 3 nitrogen and oxygen atoms in total. The summed E-state index contributed by atoms with van der Waals surface area (Å²) in [5.74, 6) is 1.92. The second kappa shape index (κ2) is 4.11. The first-order chi connectivity index (χ1) is 7.95. The number of nitrogens with zero attached hydrogens (tertiary/aromatic N) is 3. The van der Waals surface area contributed by atoms with E-state index >= 15 is 0 Å². The fourth-order valence-corrected chi connectivity index (χ4v) is 2.64. The number of hydrogen-bond acceptors (Lipinski definition) is 2. The lowest BCUT2D eigenvalue weighted by molar-refractivity contribution is 0.760. The van der Waals surface area contributed by atoms with Crippen molar-refractivity contribution in [2.45, 2.75) is 19.6 Å². The normalized spacial score (nSPS) is 17.0. The molecule has 0 aliphatic carbocycles. The average molecular weight is 245 g/mol. The molecule has 90 valence electrons. The zero-order valence-electron chi connectivity index (χ0n) is 11.2. The molecule has 4 heteroatoms. The second-order valence-corrected chi connectivity index (χ2v) is 10.3. The number of aliphatic imine (C=N–C) groups is 2. The van der Waals surface area contributed by atoms with Gasteiger partial charge in [0, 0.05) is 18.2 Å². The first-order valence-electron chi connectivity index (χ1n) is 5.84. The summed E-state index contributed by atoms with van der Waals surface area (Å²) in [6.07, 6.45) is 0. The number of fused-ring (bicyclic) bond motifs is 1. The van der Waals surface area contributed by atoms with Gasteiger partial charge >= 0.3 is 0 Å². The van der Waals surface area contributed by atoms with Gasteiger partial charge in [0.25, 0.3) is 0 Å². The predicted molar refractivity (Wildman–Crippen MR) is 76.5 cm³/mol. The Labute approximate surface area is 104 Å². The molecule has 1 aromatic carbocycles. The fraction of sp³-hybridized carbons (Fsp3) is 0.385. The van der Waals surface area contributed by atoms with Crippen LogP contribution in [0, 0.1) is 0 Å². The van der Waals surface area contributed by atoms with Gasteiger partial charge in [-0.2, -0.15) is 0 Å². The smallest absolute Gasteiger partial charge is 0.157 e. The lowest BCUT2D eigenvalue weighted by Gasteiger charge is -2.32. The van der Waals surface area contributed by atoms with Crippen molar-refractivity contribution in [2.24, 2.45) is 9.98 Å². The first-order valence-corrected chi connectivity index (χ1v) is 9.29. The Morgan fingerprint density at radius 2 is 1.71 bits per heavy atom. The molecule has 0 bridgehead atoms. The standard InChI is InChI=1S/C13H19N3Si/c1-14-12-10-8-6-7-9-11(10)13(15-12)16(2)17(3,4)5/h6-9H,1-5H3. The molecule has 17 heavy (non-hydrogen) atoms. The highest BCUT2D eigenvalue weighted by Crippen LogP contribution is 2.23. The van der Waals surface area contributed by atoms with Gasteiger partial charge in [0.15, 0.2) is 5.84 Å². The van der Waals surface area contributed by atoms with Gasteiger partial charge in [-0.25, -0.2) is 4.99 Å². The Morgan fingerprint density at radius 1 is 1.12 bits per heavy atom. The lowest BCUT2D eigenvalue weighted by Crippen LogP contribution is -2.46. The maximum absolute atomic E-state index is 4.67. The highest BCUT2D eigenvalue weighted by molar-refractivity contribution is 6.76. The summed E-state index contributed by atoms with van der Waals surface area (Å²) < 4.78 is 2.34. The van der Waals surface area contributed by atoms with Crippen LogP contribution in [0.3, 0.4) is 0 Å². The Bertz CT molecular complexity index is 498. The van der Waals surface area contributed by atoms with E-state index in [2.05, 4.69) is 59.4 Å². The summed E-state index contributed by atoms with van der Waals surface area (Å²) in [4.78, 5) is 8.93. The topological polar surface area (TPSA) is 28.0 Å². The van der Waals surface area contributed by atoms with Crippen LogP contribution in [0.25, 0.3) is 0 Å². The van der Waals surface area contributed by atoms with Crippen LogP contribution in [0.4, 0.5) is 0 Å². The Morgan fingerprint density at radius 3 is 2.24 bits per heavy atom. The molecule has 0 N–H and O–H groups in total. The summed E-state index contributed by atoms with van der Waals surface area (Å²) in [5, 5.41) is 0. The van der Waals surface area contributed by atoms with Gasteiger partial charge in [-0.3, -0.25) is 4.99 Å². The van der Waals surface area contributed by atoms with Crippen molar-refractivity contribution in [1.82, 2.24) is 4.57 Å². The van der Waals surface area contributed by atoms with E-state index in [-0.39, 0.29) is 0 Å². The van der Waals surface area contributed by atoms with Crippen molar-refractivity contribution >= 4 is 19.9 Å². The molecule has 0 unspecified atom stereocenters. The van der Waals surface area contributed by atoms with Crippen molar-refractivity contribution in [3.8, 4) is 0 Å². The van der Waals surface area contributed by atoms with Gasteiger partial charge in [0.2, 0.25) is 0 Å². The van der Waals surface area contributed by atoms with Crippen molar-refractivity contribution in [3.05, 3.63) is 35.4 Å². The highest BCUT2D eigenvalue weighted by atomic mass is 28.3. The summed E-state index contributed by atoms with van der Waals surface area (Å²) in [5.41, 5.74) is 2.35. The SMILES string of the molecule is CN=C1N=C(N(C)[Si](C)(C)C)c2ccccc21. The average Bonchev–Trinajstić information content (AvgIpc) is 2.65. The maximum Gasteiger partial charge on any atom is 0.157 e. The zero-order chi connectivity index (χ0) is 12.6. The van der Waals surface area contributed by atoms with Gasteiger partial charge < -0.3 is 4.57 Å². The van der Waals surface area contributed by atoms with Crippen molar-refractivity contribution in [3.63, 3.8) is 0 Å². The summed E-state index contributed by atoms with van der Waals surface area (Å²) >= 11 is 0. The van der Waals surface area contributed by atoms with Crippen LogP contribution in [-0.2, 0) is 0 Å². The summed E-state index contributed by atoms with van der Waals surface area (Å²) in [6.45, 7) is 6.96. The highest BCUT2D eigenvalue weighted by Gasteiger charge is 2.29. The molecular weight excluding hydrogens is 226 g/mol. The largest absolute Gasteiger partial charge is 0.386 e. The van der Waals surface area contributed by atoms with E-state index < -0.39 is 8.24 Å². The van der Waals surface area contributed by atoms with E-state index in [1.165, 1.54) is 5.56 Å². The summed E-state index contributed by atoms with van der Waals surface area (Å²) in [7, 11) is 2.55. The molecule has 0 saturated carbocycles. The lowest BCUT2D eigenvalue weighted by atomic mass is 10.1. The quantitative estimate of drug-likeness (QED) is 0.699. The molecule has 0 atom stereocenters. The molecule has 1 aliphatic rings. The van der Waals surface area contributed by atoms with Crippen LogP contribution >= 0.6 is 0 Å². The van der Waals surface area contributed by atoms with Gasteiger partial charge in [0.05, 0.1) is 0 Å². The van der Waals surface area contributed by atoms with Crippen LogP contribution in [0.2, 0.25) is 19.6 Å². The maximum atomic E-state index is 4.67. The van der Waals surface area contributed by atoms with E-state index in [1.54, 1.807) is 7.05 Å². The van der Waals surface area contributed by atoms with Gasteiger partial charge in [-0.1, -0.05) is 43.9 Å². The Hall–Kier alpha value is -1.42. The minimum Gasteiger partial charge on any atom is -0.386 e. The number of hydrogen-bond donors (Lipinski definition) is 0. The molecule has 0 fully saturated rings. The summed E-state index contributed by atoms with van der Waals surface area (Å²) in [6, 6.07) is 8.32. The van der Waals surface area contributed by atoms with E-state index in [4.69, 9.17) is 0 Å². The van der Waals surface area contributed by atoms with Crippen molar-refractivity contribution < 1.29 is 0 Å². The number of amidine groups is 2. The monoisotopic (exact) mass is 245 g/mol. The van der Waals surface area contributed by atoms with Gasteiger partial charge in [0.1, 0.15) is 14.1 Å². The molecule has 1 aliphatic heterocycles. The van der Waals surface area contributed by atoms with Crippen LogP contribution in [0.5, 0.6) is 0 Å². The van der Waals surface area contributed by atoms with Crippen LogP contribution in [-0.4, -0.2) is 38.6 Å².